The van der Waals surface area contributed by atoms with E-state index in [9.17, 15) is 0 Å². The molecule has 0 amide bonds. The highest BCUT2D eigenvalue weighted by Gasteiger charge is 2.21. The summed E-state index contributed by atoms with van der Waals surface area (Å²) >= 11 is 0. The van der Waals surface area contributed by atoms with Gasteiger partial charge in [0.05, 0.1) is 0 Å². The van der Waals surface area contributed by atoms with Gasteiger partial charge in [0, 0.05) is 45.0 Å². The topological polar surface area (TPSA) is 77.0 Å². The minimum atomic E-state index is 0.597. The van der Waals surface area contributed by atoms with Crippen molar-refractivity contribution in [3.63, 3.8) is 0 Å². The third-order valence-corrected chi connectivity index (χ3v) is 9.16. The molecule has 10 rings (SSSR count). The largest absolute Gasteiger partial charge is 0.456 e. The molecule has 1 aliphatic heterocycles. The highest BCUT2D eigenvalue weighted by molar-refractivity contribution is 6.15. The molecule has 1 aliphatic rings. The van der Waals surface area contributed by atoms with Crippen molar-refractivity contribution >= 4 is 55.6 Å². The van der Waals surface area contributed by atoms with Crippen molar-refractivity contribution < 1.29 is 8.83 Å². The van der Waals surface area contributed by atoms with Crippen molar-refractivity contribution in [2.75, 3.05) is 11.9 Å². The van der Waals surface area contributed by atoms with Gasteiger partial charge in [0.2, 0.25) is 5.88 Å². The number of nitrogens with zero attached hydrogens (tertiary/aromatic N) is 3. The van der Waals surface area contributed by atoms with Gasteiger partial charge in [0.1, 0.15) is 16.7 Å². The molecule has 0 saturated carbocycles. The number of hydrogen-bond donors (Lipinski definition) is 1. The second-order valence-corrected chi connectivity index (χ2v) is 12.0. The first-order valence-corrected chi connectivity index (χ1v) is 16.0. The Morgan fingerprint density at radius 2 is 1.21 bits per heavy atom. The summed E-state index contributed by atoms with van der Waals surface area (Å²) in [6.07, 6.45) is 4.20. The van der Waals surface area contributed by atoms with Crippen LogP contribution in [0.15, 0.2) is 142 Å². The first-order chi connectivity index (χ1) is 23.8. The maximum atomic E-state index is 6.22. The van der Waals surface area contributed by atoms with E-state index in [1.54, 1.807) is 0 Å². The lowest BCUT2D eigenvalue weighted by Crippen LogP contribution is -2.02. The fourth-order valence-electron chi connectivity index (χ4n) is 6.98. The average molecular weight is 619 g/mol. The highest BCUT2D eigenvalue weighted by atomic mass is 16.4. The van der Waals surface area contributed by atoms with E-state index in [1.807, 2.05) is 60.7 Å². The first kappa shape index (κ1) is 26.7. The van der Waals surface area contributed by atoms with Crippen molar-refractivity contribution in [1.82, 2.24) is 15.0 Å². The second-order valence-electron chi connectivity index (χ2n) is 12.0. The van der Waals surface area contributed by atoms with Gasteiger partial charge in [-0.1, -0.05) is 115 Å². The molecule has 0 saturated heterocycles. The van der Waals surface area contributed by atoms with Gasteiger partial charge in [-0.25, -0.2) is 15.0 Å². The van der Waals surface area contributed by atoms with Crippen LogP contribution >= 0.6 is 0 Å². The summed E-state index contributed by atoms with van der Waals surface area (Å²) in [7, 11) is 0. The van der Waals surface area contributed by atoms with Crippen molar-refractivity contribution in [3.05, 3.63) is 139 Å². The molecule has 0 unspecified atom stereocenters. The number of hydrogen-bond acceptors (Lipinski definition) is 6. The predicted molar refractivity (Wildman–Crippen MR) is 194 cm³/mol. The summed E-state index contributed by atoms with van der Waals surface area (Å²) in [4.78, 5) is 15.2. The Morgan fingerprint density at radius 1 is 0.500 bits per heavy atom. The summed E-state index contributed by atoms with van der Waals surface area (Å²) in [6, 6.07) is 43.5. The van der Waals surface area contributed by atoms with Crippen LogP contribution in [0.1, 0.15) is 5.56 Å². The van der Waals surface area contributed by atoms with E-state index >= 15 is 0 Å². The van der Waals surface area contributed by atoms with Crippen molar-refractivity contribution in [2.45, 2.75) is 0 Å². The van der Waals surface area contributed by atoms with Gasteiger partial charge < -0.3 is 14.2 Å². The molecule has 226 valence electrons. The van der Waals surface area contributed by atoms with Gasteiger partial charge in [0.15, 0.2) is 17.5 Å². The Balaban J connectivity index is 1.16. The molecule has 1 N–H and O–H groups in total. The zero-order valence-electron chi connectivity index (χ0n) is 25.6. The number of para-hydroxylation sites is 1. The molecule has 0 aliphatic carbocycles. The lowest BCUT2D eigenvalue weighted by molar-refractivity contribution is 0.628. The lowest BCUT2D eigenvalue weighted by atomic mass is 9.94. The van der Waals surface area contributed by atoms with Gasteiger partial charge in [0.25, 0.3) is 0 Å². The van der Waals surface area contributed by atoms with Crippen LogP contribution in [-0.4, -0.2) is 21.5 Å². The summed E-state index contributed by atoms with van der Waals surface area (Å²) in [6.45, 7) is 0.730. The van der Waals surface area contributed by atoms with Gasteiger partial charge >= 0.3 is 0 Å². The fourth-order valence-corrected chi connectivity index (χ4v) is 6.98. The van der Waals surface area contributed by atoms with Crippen LogP contribution in [0.3, 0.4) is 0 Å². The third-order valence-electron chi connectivity index (χ3n) is 9.16. The fraction of sp³-hybridized carbons (Fsp3) is 0.0238. The molecular weight excluding hydrogens is 592 g/mol. The summed E-state index contributed by atoms with van der Waals surface area (Å²) in [5, 5.41) is 8.81. The normalized spacial score (nSPS) is 12.6. The molecule has 0 atom stereocenters. The van der Waals surface area contributed by atoms with Crippen molar-refractivity contribution in [3.8, 4) is 45.3 Å². The number of anilines is 1. The second kappa shape index (κ2) is 10.5. The van der Waals surface area contributed by atoms with Gasteiger partial charge in [-0.15, -0.1) is 0 Å². The number of aromatic nitrogens is 3. The summed E-state index contributed by atoms with van der Waals surface area (Å²) < 4.78 is 12.4. The molecule has 9 aromatic rings. The van der Waals surface area contributed by atoms with Crippen molar-refractivity contribution in [1.29, 1.82) is 0 Å². The molecule has 6 aromatic carbocycles. The van der Waals surface area contributed by atoms with Gasteiger partial charge in [-0.2, -0.15) is 0 Å². The monoisotopic (exact) mass is 618 g/mol. The molecule has 0 bridgehead atoms. The Bertz CT molecular complexity index is 2740. The molecule has 6 heteroatoms. The van der Waals surface area contributed by atoms with Crippen LogP contribution < -0.4 is 5.32 Å². The molecule has 0 spiro atoms. The summed E-state index contributed by atoms with van der Waals surface area (Å²) in [5.41, 5.74) is 8.60. The lowest BCUT2D eigenvalue weighted by Gasteiger charge is -2.12. The maximum Gasteiger partial charge on any atom is 0.201 e. The van der Waals surface area contributed by atoms with E-state index in [2.05, 4.69) is 84.2 Å². The average Bonchev–Trinajstić information content (AvgIpc) is 3.73. The van der Waals surface area contributed by atoms with E-state index in [4.69, 9.17) is 23.8 Å². The Kier molecular flexibility index (Phi) is 5.84. The standard InChI is InChI=1S/C42H26N4O2/c1-2-10-25(11-3-1)39-44-40(46-41(45-39)32-16-8-20-36-38(32)33-17-9-23-43-42(33)48-36)27-21-22-28-26(24-27)12-6-14-29(28)30-15-7-19-35-37(30)31-13-4-5-18-34(31)47-35/h1-22,24,43H,23H2. The summed E-state index contributed by atoms with van der Waals surface area (Å²) in [5.74, 6) is 2.59. The van der Waals surface area contributed by atoms with E-state index in [0.717, 1.165) is 89.5 Å². The molecular formula is C42H26N4O2. The Labute approximate surface area is 275 Å². The van der Waals surface area contributed by atoms with Gasteiger partial charge in [-0.05, 0) is 46.2 Å². The SMILES string of the molecule is C1=Cc2c(oc3cccc(-c4nc(-c5ccccc5)nc(-c5ccc6c(-c7cccc8oc9ccccc9c78)cccc6c5)n4)c23)NC1. The number of fused-ring (bicyclic) bond motifs is 7. The first-order valence-electron chi connectivity index (χ1n) is 16.0. The minimum absolute atomic E-state index is 0.597. The van der Waals surface area contributed by atoms with E-state index in [1.165, 1.54) is 0 Å². The molecule has 6 nitrogen and oxygen atoms in total. The highest BCUT2D eigenvalue weighted by Crippen LogP contribution is 2.41. The smallest absolute Gasteiger partial charge is 0.201 e. The van der Waals surface area contributed by atoms with E-state index in [-0.39, 0.29) is 0 Å². The van der Waals surface area contributed by atoms with Gasteiger partial charge in [-0.3, -0.25) is 0 Å². The Hall–Kier alpha value is -6.53. The van der Waals surface area contributed by atoms with Crippen LogP contribution in [-0.2, 0) is 0 Å². The van der Waals surface area contributed by atoms with Crippen LogP contribution in [0.5, 0.6) is 0 Å². The molecule has 3 aromatic heterocycles. The maximum absolute atomic E-state index is 6.22. The number of furan rings is 2. The molecule has 4 heterocycles. The van der Waals surface area contributed by atoms with E-state index < -0.39 is 0 Å². The number of rotatable bonds is 4. The van der Waals surface area contributed by atoms with Crippen molar-refractivity contribution in [2.24, 2.45) is 0 Å². The van der Waals surface area contributed by atoms with Crippen LogP contribution in [0, 0.1) is 0 Å². The molecule has 0 radical (unpaired) electrons. The Morgan fingerprint density at radius 3 is 2.10 bits per heavy atom. The van der Waals surface area contributed by atoms with E-state index in [0.29, 0.717) is 17.5 Å². The molecule has 0 fully saturated rings. The zero-order chi connectivity index (χ0) is 31.6. The van der Waals surface area contributed by atoms with Crippen LogP contribution in [0.4, 0.5) is 5.88 Å². The minimum Gasteiger partial charge on any atom is -0.456 e. The quantitative estimate of drug-likeness (QED) is 0.211. The number of nitrogens with one attached hydrogen (secondary N) is 1. The number of benzene rings is 6. The zero-order valence-corrected chi connectivity index (χ0v) is 25.6. The van der Waals surface area contributed by atoms with Crippen LogP contribution in [0.2, 0.25) is 0 Å². The molecule has 48 heavy (non-hydrogen) atoms. The van der Waals surface area contributed by atoms with Crippen LogP contribution in [0.25, 0.3) is 95.0 Å². The predicted octanol–water partition coefficient (Wildman–Crippen LogP) is 10.8. The third kappa shape index (κ3) is 4.16.